The van der Waals surface area contributed by atoms with E-state index in [0.717, 1.165) is 44.9 Å². The summed E-state index contributed by atoms with van der Waals surface area (Å²) < 4.78 is 0. The molecule has 0 aliphatic heterocycles. The van der Waals surface area contributed by atoms with Gasteiger partial charge in [0, 0.05) is 0 Å². The normalized spacial score (nSPS) is 14.2. The Hall–Kier alpha value is -1.69. The zero-order valence-electron chi connectivity index (χ0n) is 30.9. The number of aliphatic hydroxyl groups excluding tert-OH is 3. The molecule has 274 valence electrons. The Morgan fingerprint density at radius 1 is 0.574 bits per heavy atom. The van der Waals surface area contributed by atoms with Gasteiger partial charge in [-0.25, -0.2) is 0 Å². The molecule has 0 aromatic rings. The van der Waals surface area contributed by atoms with Crippen LogP contribution in [0.25, 0.3) is 0 Å². The average Bonchev–Trinajstić information content (AvgIpc) is 3.06. The van der Waals surface area contributed by atoms with Gasteiger partial charge >= 0.3 is 0 Å². The number of nitrogens with one attached hydrogen (secondary N) is 1. The van der Waals surface area contributed by atoms with E-state index in [4.69, 9.17) is 0 Å². The summed E-state index contributed by atoms with van der Waals surface area (Å²) in [5.74, 6) is -0.329. The number of unbranched alkanes of at least 4 members (excludes halogenated alkanes) is 20. The maximum atomic E-state index is 12.4. The third kappa shape index (κ3) is 34.0. The smallest absolute Gasteiger partial charge is 0.222 e. The van der Waals surface area contributed by atoms with Gasteiger partial charge in [0.15, 0.2) is 0 Å². The Kier molecular flexibility index (Phi) is 35.8. The van der Waals surface area contributed by atoms with E-state index in [9.17, 15) is 20.1 Å². The first-order valence-corrected chi connectivity index (χ1v) is 19.9. The molecule has 0 aliphatic rings. The van der Waals surface area contributed by atoms with Crippen LogP contribution in [-0.4, -0.2) is 46.1 Å². The van der Waals surface area contributed by atoms with Crippen LogP contribution in [0, 0.1) is 0 Å². The lowest BCUT2D eigenvalue weighted by Gasteiger charge is -2.21. The molecule has 5 nitrogen and oxygen atoms in total. The number of carbonyl (C=O) groups excluding carboxylic acids is 1. The van der Waals surface area contributed by atoms with E-state index in [-0.39, 0.29) is 18.9 Å². The van der Waals surface area contributed by atoms with Gasteiger partial charge in [-0.1, -0.05) is 172 Å². The van der Waals surface area contributed by atoms with Gasteiger partial charge in [-0.2, -0.15) is 0 Å². The number of hydrogen-bond acceptors (Lipinski definition) is 4. The molecule has 0 radical (unpaired) electrons. The minimum atomic E-state index is -0.951. The lowest BCUT2D eigenvalue weighted by molar-refractivity contribution is -0.124. The summed E-state index contributed by atoms with van der Waals surface area (Å²) in [6.07, 6.45) is 46.7. The van der Waals surface area contributed by atoms with Crippen molar-refractivity contribution in [1.82, 2.24) is 5.32 Å². The molecule has 1 amide bonds. The Bertz CT molecular complexity index is 775. The van der Waals surface area contributed by atoms with Crippen LogP contribution in [0.1, 0.15) is 187 Å². The topological polar surface area (TPSA) is 89.8 Å². The quantitative estimate of drug-likeness (QED) is 0.0402. The zero-order chi connectivity index (χ0) is 34.5. The highest BCUT2D eigenvalue weighted by Crippen LogP contribution is 2.15. The van der Waals surface area contributed by atoms with Crippen LogP contribution >= 0.6 is 0 Å². The second-order valence-corrected chi connectivity index (χ2v) is 13.5. The molecule has 0 saturated heterocycles. The van der Waals surface area contributed by atoms with E-state index in [1.165, 1.54) is 116 Å². The Balaban J connectivity index is 3.71. The third-order valence-electron chi connectivity index (χ3n) is 8.85. The summed E-state index contributed by atoms with van der Waals surface area (Å²) >= 11 is 0. The van der Waals surface area contributed by atoms with Crippen molar-refractivity contribution in [3.8, 4) is 0 Å². The molecule has 0 aromatic carbocycles. The van der Waals surface area contributed by atoms with Gasteiger partial charge in [0.1, 0.15) is 0 Å². The van der Waals surface area contributed by atoms with Gasteiger partial charge in [-0.05, 0) is 57.8 Å². The van der Waals surface area contributed by atoms with E-state index in [0.29, 0.717) is 6.42 Å². The minimum absolute atomic E-state index is 0.00378. The Morgan fingerprint density at radius 3 is 1.60 bits per heavy atom. The van der Waals surface area contributed by atoms with Crippen LogP contribution in [0.2, 0.25) is 0 Å². The largest absolute Gasteiger partial charge is 0.394 e. The number of rotatable bonds is 35. The minimum Gasteiger partial charge on any atom is -0.394 e. The van der Waals surface area contributed by atoms with Gasteiger partial charge in [0.05, 0.1) is 31.3 Å². The maximum Gasteiger partial charge on any atom is 0.222 e. The lowest BCUT2D eigenvalue weighted by Crippen LogP contribution is -2.45. The van der Waals surface area contributed by atoms with Crippen LogP contribution in [0.15, 0.2) is 48.6 Å². The van der Waals surface area contributed by atoms with E-state index in [1.807, 2.05) is 6.08 Å². The van der Waals surface area contributed by atoms with E-state index >= 15 is 0 Å². The van der Waals surface area contributed by atoms with E-state index in [1.54, 1.807) is 6.08 Å². The van der Waals surface area contributed by atoms with Crippen LogP contribution in [-0.2, 0) is 4.79 Å². The van der Waals surface area contributed by atoms with Crippen molar-refractivity contribution in [2.45, 2.75) is 205 Å². The van der Waals surface area contributed by atoms with E-state index in [2.05, 4.69) is 55.6 Å². The first-order chi connectivity index (χ1) is 23.0. The summed E-state index contributed by atoms with van der Waals surface area (Å²) in [5.41, 5.74) is 0. The van der Waals surface area contributed by atoms with Gasteiger partial charge in [0.2, 0.25) is 5.91 Å². The first kappa shape index (κ1) is 45.3. The summed E-state index contributed by atoms with van der Waals surface area (Å²) in [6.45, 7) is 4.07. The molecule has 0 aromatic heterocycles. The molecule has 3 unspecified atom stereocenters. The third-order valence-corrected chi connectivity index (χ3v) is 8.85. The second kappa shape index (κ2) is 37.1. The summed E-state index contributed by atoms with van der Waals surface area (Å²) in [6, 6.07) is -0.760. The molecule has 4 N–H and O–H groups in total. The second-order valence-electron chi connectivity index (χ2n) is 13.5. The SMILES string of the molecule is CC/C=C\C/C=C\CCCCCCCCCCCCCCC(O)CC(=O)NC(CO)C(O)/C=C/CC/C=C/CCCCCCCCC. The van der Waals surface area contributed by atoms with Crippen LogP contribution in [0.5, 0.6) is 0 Å². The molecule has 0 rings (SSSR count). The standard InChI is InChI=1S/C42H77NO4/c1-3-5-7-9-11-13-15-17-18-19-20-21-22-24-25-27-29-31-33-35-39(45)37-42(47)43-40(38-44)41(46)36-34-32-30-28-26-23-16-14-12-10-8-6-4-2/h5,7,11,13,26,28,34,36,39-41,44-46H,3-4,6,8-10,12,14-25,27,29-33,35,37-38H2,1-2H3,(H,43,47)/b7-5-,13-11-,28-26+,36-34+. The number of aliphatic hydroxyl groups is 3. The molecule has 0 aliphatic carbocycles. The fourth-order valence-electron chi connectivity index (χ4n) is 5.80. The highest BCUT2D eigenvalue weighted by atomic mass is 16.3. The Morgan fingerprint density at radius 2 is 1.04 bits per heavy atom. The fourth-order valence-corrected chi connectivity index (χ4v) is 5.80. The summed E-state index contributed by atoms with van der Waals surface area (Å²) in [7, 11) is 0. The molecule has 0 spiro atoms. The predicted octanol–water partition coefficient (Wildman–Crippen LogP) is 11.0. The predicted molar refractivity (Wildman–Crippen MR) is 204 cm³/mol. The Labute approximate surface area is 291 Å². The van der Waals surface area contributed by atoms with Crippen molar-refractivity contribution in [2.75, 3.05) is 6.61 Å². The molecule has 0 bridgehead atoms. The van der Waals surface area contributed by atoms with Crippen molar-refractivity contribution in [1.29, 1.82) is 0 Å². The number of hydrogen-bond donors (Lipinski definition) is 4. The molecule has 5 heteroatoms. The number of amides is 1. The molecule has 3 atom stereocenters. The van der Waals surface area contributed by atoms with Crippen molar-refractivity contribution in [2.24, 2.45) is 0 Å². The highest BCUT2D eigenvalue weighted by molar-refractivity contribution is 5.76. The maximum absolute atomic E-state index is 12.4. The molecule has 0 saturated carbocycles. The molecular weight excluding hydrogens is 582 g/mol. The van der Waals surface area contributed by atoms with Crippen molar-refractivity contribution in [3.05, 3.63) is 48.6 Å². The van der Waals surface area contributed by atoms with Crippen LogP contribution < -0.4 is 5.32 Å². The molecule has 0 heterocycles. The summed E-state index contributed by atoms with van der Waals surface area (Å²) in [5, 5.41) is 33.1. The zero-order valence-corrected chi connectivity index (χ0v) is 30.9. The van der Waals surface area contributed by atoms with Gasteiger partial charge in [-0.3, -0.25) is 4.79 Å². The van der Waals surface area contributed by atoms with Crippen LogP contribution in [0.4, 0.5) is 0 Å². The van der Waals surface area contributed by atoms with Crippen LogP contribution in [0.3, 0.4) is 0 Å². The molecule has 0 fully saturated rings. The van der Waals surface area contributed by atoms with Gasteiger partial charge < -0.3 is 20.6 Å². The highest BCUT2D eigenvalue weighted by Gasteiger charge is 2.20. The van der Waals surface area contributed by atoms with Crippen molar-refractivity contribution >= 4 is 5.91 Å². The average molecular weight is 660 g/mol. The van der Waals surface area contributed by atoms with E-state index < -0.39 is 18.2 Å². The first-order valence-electron chi connectivity index (χ1n) is 19.9. The number of allylic oxidation sites excluding steroid dienone is 7. The molecule has 47 heavy (non-hydrogen) atoms. The number of carbonyl (C=O) groups is 1. The van der Waals surface area contributed by atoms with Gasteiger partial charge in [-0.15, -0.1) is 0 Å². The monoisotopic (exact) mass is 660 g/mol. The molecular formula is C42H77NO4. The fraction of sp³-hybridized carbons (Fsp3) is 0.786. The van der Waals surface area contributed by atoms with Crippen molar-refractivity contribution in [3.63, 3.8) is 0 Å². The van der Waals surface area contributed by atoms with Gasteiger partial charge in [0.25, 0.3) is 0 Å². The lowest BCUT2D eigenvalue weighted by atomic mass is 10.0. The summed E-state index contributed by atoms with van der Waals surface area (Å²) in [4.78, 5) is 12.4. The van der Waals surface area contributed by atoms with Crippen molar-refractivity contribution < 1.29 is 20.1 Å².